The Morgan fingerprint density at radius 2 is 1.94 bits per heavy atom. The van der Waals surface area contributed by atoms with Gasteiger partial charge in [-0.05, 0) is 6.42 Å². The predicted octanol–water partition coefficient (Wildman–Crippen LogP) is -0.447. The van der Waals surface area contributed by atoms with Gasteiger partial charge in [0, 0.05) is 12.8 Å². The van der Waals surface area contributed by atoms with Crippen LogP contribution in [-0.2, 0) is 19.4 Å². The van der Waals surface area contributed by atoms with E-state index in [1.807, 2.05) is 0 Å². The molecule has 0 spiro atoms. The van der Waals surface area contributed by atoms with Crippen molar-refractivity contribution in [2.75, 3.05) is 12.8 Å². The maximum Gasteiger partial charge on any atom is 0.471 e. The molecule has 1 rings (SSSR count). The van der Waals surface area contributed by atoms with Crippen LogP contribution < -0.4 is 5.32 Å². The minimum Gasteiger partial charge on any atom is -0.481 e. The van der Waals surface area contributed by atoms with Crippen LogP contribution in [0.1, 0.15) is 6.42 Å². The van der Waals surface area contributed by atoms with Crippen molar-refractivity contribution in [3.05, 3.63) is 0 Å². The Morgan fingerprint density at radius 3 is 2.22 bits per heavy atom. The second-order valence-electron chi connectivity index (χ2n) is 4.16. The van der Waals surface area contributed by atoms with Crippen LogP contribution in [-0.4, -0.2) is 49.6 Å². The summed E-state index contributed by atoms with van der Waals surface area (Å²) in [5.41, 5.74) is -1.85. The molecule has 0 aromatic carbocycles. The summed E-state index contributed by atoms with van der Waals surface area (Å²) in [6.07, 6.45) is -4.64. The number of carboxylic acids is 1. The average Bonchev–Trinajstić information content (AvgIpc) is 2.87. The lowest BCUT2D eigenvalue weighted by atomic mass is 10.1. The van der Waals surface area contributed by atoms with Crippen LogP contribution in [0.5, 0.6) is 0 Å². The van der Waals surface area contributed by atoms with Crippen molar-refractivity contribution >= 4 is 21.7 Å². The number of halogens is 3. The SMILES string of the molecule is CS(=O)(=O)[C@@H]1C[C@@]1(CNC(=O)C(F)(F)F)C(=O)O. The molecule has 6 nitrogen and oxygen atoms in total. The first-order valence-corrected chi connectivity index (χ1v) is 6.64. The number of hydrogen-bond donors (Lipinski definition) is 2. The van der Waals surface area contributed by atoms with E-state index in [0.717, 1.165) is 6.26 Å². The molecule has 0 aromatic heterocycles. The summed E-state index contributed by atoms with van der Waals surface area (Å²) in [4.78, 5) is 21.4. The van der Waals surface area contributed by atoms with Gasteiger partial charge >= 0.3 is 18.1 Å². The van der Waals surface area contributed by atoms with Crippen LogP contribution in [0.4, 0.5) is 13.2 Å². The molecule has 104 valence electrons. The van der Waals surface area contributed by atoms with Gasteiger partial charge in [-0.25, -0.2) is 8.42 Å². The monoisotopic (exact) mass is 289 g/mol. The standard InChI is InChI=1S/C8H10F3NO5S/c1-18(16,17)4-2-7(4,6(14)15)3-12-5(13)8(9,10)11/h4H,2-3H2,1H3,(H,12,13)(H,14,15)/t4-,7+/m1/s1. The van der Waals surface area contributed by atoms with E-state index >= 15 is 0 Å². The molecule has 10 heteroatoms. The number of amides is 1. The zero-order valence-electron chi connectivity index (χ0n) is 9.11. The van der Waals surface area contributed by atoms with Crippen molar-refractivity contribution in [3.63, 3.8) is 0 Å². The Bertz CT molecular complexity index is 485. The summed E-state index contributed by atoms with van der Waals surface area (Å²) in [7, 11) is -3.68. The number of sulfone groups is 1. The van der Waals surface area contributed by atoms with Crippen LogP contribution in [0, 0.1) is 5.41 Å². The fourth-order valence-electron chi connectivity index (χ4n) is 1.66. The van der Waals surface area contributed by atoms with Crippen molar-refractivity contribution in [1.82, 2.24) is 5.32 Å². The highest BCUT2D eigenvalue weighted by molar-refractivity contribution is 7.91. The van der Waals surface area contributed by atoms with Crippen LogP contribution >= 0.6 is 0 Å². The Kier molecular flexibility index (Phi) is 3.36. The summed E-state index contributed by atoms with van der Waals surface area (Å²) in [5, 5.41) is 8.99. The minimum atomic E-state index is -5.13. The van der Waals surface area contributed by atoms with E-state index < -0.39 is 45.1 Å². The molecule has 2 atom stereocenters. The molecule has 1 aliphatic carbocycles. The number of aliphatic carboxylic acids is 1. The van der Waals surface area contributed by atoms with E-state index in [9.17, 15) is 31.2 Å². The normalized spacial score (nSPS) is 27.7. The number of carboxylic acid groups (broad SMARTS) is 1. The molecule has 1 aliphatic rings. The van der Waals surface area contributed by atoms with Gasteiger partial charge in [-0.15, -0.1) is 0 Å². The molecule has 0 saturated heterocycles. The van der Waals surface area contributed by atoms with Gasteiger partial charge in [-0.3, -0.25) is 9.59 Å². The molecular weight excluding hydrogens is 279 g/mol. The number of carbonyl (C=O) groups is 2. The molecule has 0 radical (unpaired) electrons. The van der Waals surface area contributed by atoms with Gasteiger partial charge in [0.15, 0.2) is 9.84 Å². The van der Waals surface area contributed by atoms with E-state index in [4.69, 9.17) is 5.11 Å². The van der Waals surface area contributed by atoms with E-state index in [0.29, 0.717) is 0 Å². The summed E-state index contributed by atoms with van der Waals surface area (Å²) in [6.45, 7) is -0.863. The molecule has 1 saturated carbocycles. The fraction of sp³-hybridized carbons (Fsp3) is 0.750. The molecule has 0 heterocycles. The predicted molar refractivity (Wildman–Crippen MR) is 52.4 cm³/mol. The molecule has 18 heavy (non-hydrogen) atoms. The maximum atomic E-state index is 11.9. The Balaban J connectivity index is 2.76. The highest BCUT2D eigenvalue weighted by Gasteiger charge is 2.65. The minimum absolute atomic E-state index is 0.306. The average molecular weight is 289 g/mol. The highest BCUT2D eigenvalue weighted by Crippen LogP contribution is 2.50. The van der Waals surface area contributed by atoms with Crippen molar-refractivity contribution in [2.24, 2.45) is 5.41 Å². The molecule has 0 aromatic rings. The second-order valence-corrected chi connectivity index (χ2v) is 6.39. The van der Waals surface area contributed by atoms with Crippen molar-refractivity contribution in [1.29, 1.82) is 0 Å². The third-order valence-electron chi connectivity index (χ3n) is 2.77. The molecule has 1 fully saturated rings. The van der Waals surface area contributed by atoms with Crippen molar-refractivity contribution in [3.8, 4) is 0 Å². The highest BCUT2D eigenvalue weighted by atomic mass is 32.2. The number of rotatable bonds is 4. The molecule has 0 aliphatic heterocycles. The zero-order chi connectivity index (χ0) is 14.4. The van der Waals surface area contributed by atoms with Gasteiger partial charge in [-0.1, -0.05) is 0 Å². The lowest BCUT2D eigenvalue weighted by molar-refractivity contribution is -0.174. The van der Waals surface area contributed by atoms with Crippen LogP contribution in [0.25, 0.3) is 0 Å². The van der Waals surface area contributed by atoms with E-state index in [1.54, 1.807) is 0 Å². The maximum absolute atomic E-state index is 11.9. The van der Waals surface area contributed by atoms with Gasteiger partial charge in [0.25, 0.3) is 0 Å². The zero-order valence-corrected chi connectivity index (χ0v) is 9.93. The number of alkyl halides is 3. The van der Waals surface area contributed by atoms with E-state index in [1.165, 1.54) is 5.32 Å². The van der Waals surface area contributed by atoms with E-state index in [2.05, 4.69) is 0 Å². The molecule has 1 amide bonds. The third-order valence-corrected chi connectivity index (χ3v) is 4.42. The molecular formula is C8H10F3NO5S. The number of nitrogens with one attached hydrogen (secondary N) is 1. The Morgan fingerprint density at radius 1 is 1.44 bits per heavy atom. The van der Waals surface area contributed by atoms with Crippen LogP contribution in [0.2, 0.25) is 0 Å². The number of hydrogen-bond acceptors (Lipinski definition) is 4. The lowest BCUT2D eigenvalue weighted by Crippen LogP contribution is -2.43. The van der Waals surface area contributed by atoms with Crippen molar-refractivity contribution < 1.29 is 36.3 Å². The van der Waals surface area contributed by atoms with Gasteiger partial charge in [0.1, 0.15) is 5.41 Å². The number of carbonyl (C=O) groups excluding carboxylic acids is 1. The summed E-state index contributed by atoms with van der Waals surface area (Å²) < 4.78 is 58.0. The van der Waals surface area contributed by atoms with Crippen molar-refractivity contribution in [2.45, 2.75) is 17.8 Å². The van der Waals surface area contributed by atoms with Crippen LogP contribution in [0.15, 0.2) is 0 Å². The van der Waals surface area contributed by atoms with E-state index in [-0.39, 0.29) is 6.42 Å². The second kappa shape index (κ2) is 4.11. The summed E-state index contributed by atoms with van der Waals surface area (Å²) >= 11 is 0. The molecule has 2 N–H and O–H groups in total. The van der Waals surface area contributed by atoms with Gasteiger partial charge in [0.05, 0.1) is 5.25 Å². The topological polar surface area (TPSA) is 101 Å². The summed E-state index contributed by atoms with van der Waals surface area (Å²) in [5.74, 6) is -3.83. The molecule has 0 unspecified atom stereocenters. The lowest BCUT2D eigenvalue weighted by Gasteiger charge is -2.14. The third kappa shape index (κ3) is 2.74. The fourth-order valence-corrected chi connectivity index (χ4v) is 3.26. The van der Waals surface area contributed by atoms with Gasteiger partial charge in [0.2, 0.25) is 0 Å². The Hall–Kier alpha value is -1.32. The first-order valence-electron chi connectivity index (χ1n) is 4.68. The quantitative estimate of drug-likeness (QED) is 0.730. The molecule has 0 bridgehead atoms. The van der Waals surface area contributed by atoms with Gasteiger partial charge in [-0.2, -0.15) is 13.2 Å². The van der Waals surface area contributed by atoms with Gasteiger partial charge < -0.3 is 10.4 Å². The first kappa shape index (κ1) is 14.7. The first-order chi connectivity index (χ1) is 7.91. The Labute approximate surface area is 100 Å². The summed E-state index contributed by atoms with van der Waals surface area (Å²) in [6, 6.07) is 0. The van der Waals surface area contributed by atoms with Crippen LogP contribution in [0.3, 0.4) is 0 Å². The smallest absolute Gasteiger partial charge is 0.471 e. The largest absolute Gasteiger partial charge is 0.481 e.